The molecule has 12 nitrogen and oxygen atoms in total. The molecule has 1 saturated heterocycles. The van der Waals surface area contributed by atoms with Crippen molar-refractivity contribution in [2.45, 2.75) is 28.6 Å². The van der Waals surface area contributed by atoms with Crippen molar-refractivity contribution in [1.82, 2.24) is 19.9 Å². The first-order chi connectivity index (χ1) is 16.2. The summed E-state index contributed by atoms with van der Waals surface area (Å²) < 4.78 is 1.14. The summed E-state index contributed by atoms with van der Waals surface area (Å²) in [6.45, 7) is 0. The largest absolute Gasteiger partial charge is 1.00 e. The van der Waals surface area contributed by atoms with Crippen LogP contribution in [-0.2, 0) is 32.0 Å². The average Bonchev–Trinajstić information content (AvgIpc) is 3.35. The summed E-state index contributed by atoms with van der Waals surface area (Å²) in [4.78, 5) is 52.7. The fourth-order valence-electron chi connectivity index (χ4n) is 3.38. The van der Waals surface area contributed by atoms with E-state index in [0.29, 0.717) is 20.3 Å². The Labute approximate surface area is 264 Å². The Kier molecular flexibility index (Phi) is 11.6. The number of thiazole rings is 2. The van der Waals surface area contributed by atoms with Crippen molar-refractivity contribution in [1.29, 1.82) is 5.41 Å². The molecule has 0 aromatic carbocycles. The minimum absolute atomic E-state index is 0. The van der Waals surface area contributed by atoms with Gasteiger partial charge in [-0.05, 0) is 5.57 Å². The van der Waals surface area contributed by atoms with Crippen molar-refractivity contribution in [3.63, 3.8) is 0 Å². The number of carboxylic acid groups (broad SMARTS) is 2. The van der Waals surface area contributed by atoms with E-state index in [1.165, 1.54) is 40.2 Å². The van der Waals surface area contributed by atoms with Crippen LogP contribution in [0.4, 0.5) is 0 Å². The van der Waals surface area contributed by atoms with Crippen LogP contribution in [0.2, 0.25) is 0 Å². The molecule has 180 valence electrons. The molecule has 3 N–H and O–H groups in total. The molecule has 0 spiro atoms. The molecule has 2 aliphatic rings. The molecule has 2 aliphatic heterocycles. The van der Waals surface area contributed by atoms with Gasteiger partial charge in [-0.1, -0.05) is 11.8 Å². The van der Waals surface area contributed by atoms with Crippen molar-refractivity contribution in [2.24, 2.45) is 0 Å². The normalized spacial score (nSPS) is 18.4. The van der Waals surface area contributed by atoms with E-state index in [9.17, 15) is 34.6 Å². The standard InChI is InChI=1S/C18H17N5O7S4.2Na/c19-17-23(30)9(6-32-17)2-10(24)21-12-14(27)22-13(16(28)29)7(3-31-15(12)22)4-33-18-20-8(5-34-18)1-11(25)26;;/h5-6,12,15,19,30H,1-4H2,(H,21,24)(H,25,26)(H,28,29);;/q;2*+1/p-2/t12?,15-;;/m0../s1. The molecular weight excluding hydrogens is 572 g/mol. The first kappa shape index (κ1) is 31.4. The molecule has 36 heavy (non-hydrogen) atoms. The van der Waals surface area contributed by atoms with Gasteiger partial charge in [-0.3, -0.25) is 19.9 Å². The zero-order chi connectivity index (χ0) is 24.6. The maximum absolute atomic E-state index is 12.7. The Morgan fingerprint density at radius 3 is 2.56 bits per heavy atom. The van der Waals surface area contributed by atoms with Crippen molar-refractivity contribution in [2.75, 3.05) is 11.5 Å². The van der Waals surface area contributed by atoms with E-state index in [1.54, 1.807) is 5.38 Å². The van der Waals surface area contributed by atoms with Gasteiger partial charge in [-0.15, -0.1) is 34.4 Å². The van der Waals surface area contributed by atoms with Crippen LogP contribution in [0.15, 0.2) is 26.4 Å². The van der Waals surface area contributed by atoms with Gasteiger partial charge in [0.2, 0.25) is 10.7 Å². The minimum atomic E-state index is -1.50. The molecule has 18 heteroatoms. The third kappa shape index (κ3) is 6.78. The second kappa shape index (κ2) is 13.3. The van der Waals surface area contributed by atoms with Crippen LogP contribution in [-0.4, -0.2) is 66.5 Å². The SMILES string of the molecule is N=c1scc(CC(=O)NC2C(=O)N3C(C(=O)[O-])=C(CSc4nc(CC(=O)[O-])cs4)CS[C@@H]23)n1O.[Na+].[Na+]. The number of nitrogens with one attached hydrogen (secondary N) is 2. The summed E-state index contributed by atoms with van der Waals surface area (Å²) in [6, 6.07) is -0.923. The Hall–Kier alpha value is -0.820. The molecule has 1 fully saturated rings. The van der Waals surface area contributed by atoms with Gasteiger partial charge in [-0.2, -0.15) is 4.73 Å². The molecule has 4 heterocycles. The van der Waals surface area contributed by atoms with Gasteiger partial charge >= 0.3 is 59.1 Å². The Morgan fingerprint density at radius 1 is 1.22 bits per heavy atom. The van der Waals surface area contributed by atoms with Crippen molar-refractivity contribution in [3.8, 4) is 0 Å². The number of fused-ring (bicyclic) bond motifs is 1. The maximum Gasteiger partial charge on any atom is 1.00 e. The topological polar surface area (TPSA) is 192 Å². The Balaban J connectivity index is 0.00000228. The summed E-state index contributed by atoms with van der Waals surface area (Å²) in [5.41, 5.74) is 0.781. The molecule has 2 amide bonds. The number of hydrogen-bond acceptors (Lipinski definition) is 13. The quantitative estimate of drug-likeness (QED) is 0.110. The Morgan fingerprint density at radius 2 is 1.94 bits per heavy atom. The van der Waals surface area contributed by atoms with E-state index in [4.69, 9.17) is 5.41 Å². The first-order valence-electron chi connectivity index (χ1n) is 9.53. The Bertz CT molecular complexity index is 1280. The van der Waals surface area contributed by atoms with Crippen molar-refractivity contribution >= 4 is 70.0 Å². The van der Waals surface area contributed by atoms with Gasteiger partial charge in [0.25, 0.3) is 5.91 Å². The van der Waals surface area contributed by atoms with Crippen LogP contribution in [0.25, 0.3) is 0 Å². The minimum Gasteiger partial charge on any atom is -0.550 e. The van der Waals surface area contributed by atoms with Gasteiger partial charge in [0.05, 0.1) is 29.5 Å². The second-order valence-electron chi connectivity index (χ2n) is 7.16. The van der Waals surface area contributed by atoms with Crippen LogP contribution in [0, 0.1) is 5.41 Å². The maximum atomic E-state index is 12.7. The number of carboxylic acids is 2. The monoisotopic (exact) mass is 587 g/mol. The molecule has 1 unspecified atom stereocenters. The summed E-state index contributed by atoms with van der Waals surface area (Å²) >= 11 is 4.70. The van der Waals surface area contributed by atoms with E-state index in [-0.39, 0.29) is 99.7 Å². The van der Waals surface area contributed by atoms with Gasteiger partial charge < -0.3 is 30.3 Å². The van der Waals surface area contributed by atoms with Gasteiger partial charge in [-0.25, -0.2) is 4.98 Å². The zero-order valence-electron chi connectivity index (χ0n) is 19.0. The summed E-state index contributed by atoms with van der Waals surface area (Å²) in [5, 5.41) is 44.7. The fourth-order valence-corrected chi connectivity index (χ4v) is 7.35. The van der Waals surface area contributed by atoms with E-state index in [1.807, 2.05) is 0 Å². The van der Waals surface area contributed by atoms with Gasteiger partial charge in [0.15, 0.2) is 0 Å². The van der Waals surface area contributed by atoms with Crippen LogP contribution >= 0.6 is 46.2 Å². The average molecular weight is 588 g/mol. The first-order valence-corrected chi connectivity index (χ1v) is 13.3. The summed E-state index contributed by atoms with van der Waals surface area (Å²) in [7, 11) is 0. The van der Waals surface area contributed by atoms with E-state index in [2.05, 4.69) is 10.3 Å². The predicted molar refractivity (Wildman–Crippen MR) is 118 cm³/mol. The molecule has 0 bridgehead atoms. The second-order valence-corrected chi connectivity index (χ2v) is 11.2. The summed E-state index contributed by atoms with van der Waals surface area (Å²) in [6.07, 6.45) is -0.558. The molecular formula is C18H15N5Na2O7S4. The number of nitrogens with zero attached hydrogens (tertiary/aromatic N) is 3. The molecule has 2 aromatic heterocycles. The van der Waals surface area contributed by atoms with E-state index in [0.717, 1.165) is 16.2 Å². The van der Waals surface area contributed by atoms with E-state index >= 15 is 0 Å². The summed E-state index contributed by atoms with van der Waals surface area (Å²) in [5.74, 6) is -3.37. The predicted octanol–water partition coefficient (Wildman–Crippen LogP) is -8.24. The number of thioether (sulfide) groups is 2. The molecule has 0 radical (unpaired) electrons. The van der Waals surface area contributed by atoms with Gasteiger partial charge in [0, 0.05) is 34.7 Å². The molecule has 0 aliphatic carbocycles. The number of aromatic nitrogens is 2. The molecule has 4 rings (SSSR count). The fraction of sp³-hybridized carbons (Fsp3) is 0.333. The van der Waals surface area contributed by atoms with Crippen LogP contribution in [0.1, 0.15) is 11.4 Å². The van der Waals surface area contributed by atoms with Gasteiger partial charge in [0.1, 0.15) is 15.8 Å². The van der Waals surface area contributed by atoms with Crippen LogP contribution in [0.3, 0.4) is 0 Å². The van der Waals surface area contributed by atoms with Crippen LogP contribution < -0.4 is 79.4 Å². The number of hydrogen-bond donors (Lipinski definition) is 3. The number of rotatable bonds is 9. The smallest absolute Gasteiger partial charge is 0.550 e. The van der Waals surface area contributed by atoms with Crippen molar-refractivity contribution < 1.29 is 93.7 Å². The molecule has 2 atom stereocenters. The molecule has 0 saturated carbocycles. The number of carbonyl (C=O) groups is 4. The number of β-lactam (4-membered cyclic amide) rings is 1. The number of aliphatic carboxylic acids is 2. The molecule has 2 aromatic rings. The van der Waals surface area contributed by atoms with Crippen LogP contribution in [0.5, 0.6) is 0 Å². The number of carbonyl (C=O) groups excluding carboxylic acids is 4. The third-order valence-corrected chi connectivity index (χ3v) is 9.18. The van der Waals surface area contributed by atoms with E-state index < -0.39 is 35.2 Å². The number of amides is 2. The zero-order valence-corrected chi connectivity index (χ0v) is 26.3. The van der Waals surface area contributed by atoms with Crippen molar-refractivity contribution in [3.05, 3.63) is 38.2 Å². The third-order valence-electron chi connectivity index (χ3n) is 4.90.